The number of carbonyl (C=O) groups is 1. The average Bonchev–Trinajstić information content (AvgIpc) is 3.24. The van der Waals surface area contributed by atoms with Crippen LogP contribution in [0.2, 0.25) is 0 Å². The zero-order valence-corrected chi connectivity index (χ0v) is 17.5. The number of nitrogens with one attached hydrogen (secondary N) is 1. The number of rotatable bonds is 5. The van der Waals surface area contributed by atoms with Crippen molar-refractivity contribution in [3.8, 4) is 0 Å². The molecule has 0 saturated heterocycles. The molecule has 6 heteroatoms. The van der Waals surface area contributed by atoms with E-state index in [4.69, 9.17) is 4.42 Å². The largest absolute Gasteiger partial charge is 0.459 e. The summed E-state index contributed by atoms with van der Waals surface area (Å²) in [6.45, 7) is 1.77. The second-order valence-electron chi connectivity index (χ2n) is 7.75. The summed E-state index contributed by atoms with van der Waals surface area (Å²) in [5, 5.41) is 4.48. The van der Waals surface area contributed by atoms with Gasteiger partial charge in [-0.15, -0.1) is 0 Å². The Morgan fingerprint density at radius 3 is 2.62 bits per heavy atom. The fourth-order valence-electron chi connectivity index (χ4n) is 3.92. The van der Waals surface area contributed by atoms with Gasteiger partial charge in [0.05, 0.1) is 17.2 Å². The molecule has 158 valence electrons. The van der Waals surface area contributed by atoms with Gasteiger partial charge in [-0.25, -0.2) is 4.98 Å². The highest BCUT2D eigenvalue weighted by molar-refractivity contribution is 5.82. The van der Waals surface area contributed by atoms with E-state index < -0.39 is 6.04 Å². The summed E-state index contributed by atoms with van der Waals surface area (Å²) in [7, 11) is 0. The van der Waals surface area contributed by atoms with Crippen molar-refractivity contribution in [3.63, 3.8) is 0 Å². The number of fused-ring (bicyclic) bond motifs is 2. The lowest BCUT2D eigenvalue weighted by Crippen LogP contribution is -2.35. The van der Waals surface area contributed by atoms with Crippen molar-refractivity contribution in [2.45, 2.75) is 19.5 Å². The summed E-state index contributed by atoms with van der Waals surface area (Å²) in [5.41, 5.74) is 2.97. The first-order chi connectivity index (χ1) is 15.6. The van der Waals surface area contributed by atoms with Gasteiger partial charge in [0.1, 0.15) is 23.9 Å². The second kappa shape index (κ2) is 8.15. The molecule has 5 rings (SSSR count). The Hall–Kier alpha value is -4.19. The molecule has 32 heavy (non-hydrogen) atoms. The van der Waals surface area contributed by atoms with Crippen molar-refractivity contribution in [2.75, 3.05) is 0 Å². The smallest absolute Gasteiger partial charge is 0.261 e. The molecular formula is C26H21N3O3. The third kappa shape index (κ3) is 3.67. The van der Waals surface area contributed by atoms with Crippen LogP contribution >= 0.6 is 0 Å². The Balaban J connectivity index is 1.46. The van der Waals surface area contributed by atoms with E-state index in [1.54, 1.807) is 6.07 Å². The van der Waals surface area contributed by atoms with Gasteiger partial charge in [-0.2, -0.15) is 0 Å². The highest BCUT2D eigenvalue weighted by Gasteiger charge is 2.21. The number of amides is 1. The van der Waals surface area contributed by atoms with E-state index in [0.717, 1.165) is 22.1 Å². The molecule has 0 aliphatic heterocycles. The van der Waals surface area contributed by atoms with Crippen molar-refractivity contribution in [1.82, 2.24) is 14.9 Å². The lowest BCUT2D eigenvalue weighted by atomic mass is 10.0. The van der Waals surface area contributed by atoms with Gasteiger partial charge in [0.15, 0.2) is 0 Å². The van der Waals surface area contributed by atoms with E-state index in [9.17, 15) is 9.59 Å². The van der Waals surface area contributed by atoms with Gasteiger partial charge >= 0.3 is 0 Å². The first kappa shape index (κ1) is 19.8. The Bertz CT molecular complexity index is 1450. The summed E-state index contributed by atoms with van der Waals surface area (Å²) in [5.74, 6) is 0.320. The quantitative estimate of drug-likeness (QED) is 0.456. The van der Waals surface area contributed by atoms with Crippen molar-refractivity contribution < 1.29 is 9.21 Å². The molecule has 0 aliphatic carbocycles. The number of furan rings is 1. The monoisotopic (exact) mass is 423 g/mol. The van der Waals surface area contributed by atoms with Crippen LogP contribution < -0.4 is 10.9 Å². The average molecular weight is 423 g/mol. The Morgan fingerprint density at radius 2 is 1.81 bits per heavy atom. The third-order valence-electron chi connectivity index (χ3n) is 5.54. The minimum atomic E-state index is -0.484. The van der Waals surface area contributed by atoms with E-state index in [1.165, 1.54) is 10.9 Å². The molecule has 0 fully saturated rings. The number of aryl methyl sites for hydroxylation is 1. The molecule has 3 aromatic carbocycles. The highest BCUT2D eigenvalue weighted by Crippen LogP contribution is 2.28. The fraction of sp³-hybridized carbons (Fsp3) is 0.115. The molecular weight excluding hydrogens is 402 g/mol. The van der Waals surface area contributed by atoms with E-state index in [1.807, 2.05) is 79.7 Å². The molecule has 0 radical (unpaired) electrons. The maximum absolute atomic E-state index is 13.0. The van der Waals surface area contributed by atoms with Crippen LogP contribution in [0.1, 0.15) is 22.9 Å². The van der Waals surface area contributed by atoms with Crippen molar-refractivity contribution in [1.29, 1.82) is 0 Å². The zero-order chi connectivity index (χ0) is 22.1. The van der Waals surface area contributed by atoms with E-state index in [2.05, 4.69) is 10.3 Å². The van der Waals surface area contributed by atoms with Crippen LogP contribution in [-0.4, -0.2) is 15.5 Å². The maximum Gasteiger partial charge on any atom is 0.261 e. The topological polar surface area (TPSA) is 77.1 Å². The van der Waals surface area contributed by atoms with Gasteiger partial charge in [-0.3, -0.25) is 14.2 Å². The van der Waals surface area contributed by atoms with Gasteiger partial charge < -0.3 is 9.73 Å². The standard InChI is InChI=1S/C26H21N3O3/c1-17-8-7-12-20-24(17)27-16-29(26(20)31)15-23(30)28-25(18-9-3-2-4-10-18)22-14-19-11-5-6-13-21(19)32-22/h2-14,16,25H,15H2,1H3,(H,28,30)/t25-/m0/s1. The predicted octanol–water partition coefficient (Wildman–Crippen LogP) is 4.36. The lowest BCUT2D eigenvalue weighted by Gasteiger charge is -2.17. The number of carbonyl (C=O) groups excluding carboxylic acids is 1. The molecule has 2 aromatic heterocycles. The van der Waals surface area contributed by atoms with Crippen molar-refractivity contribution in [3.05, 3.63) is 112 Å². The Labute approximate surface area is 184 Å². The van der Waals surface area contributed by atoms with Gasteiger partial charge in [0.25, 0.3) is 5.56 Å². The van der Waals surface area contributed by atoms with E-state index in [-0.39, 0.29) is 18.0 Å². The minimum absolute atomic E-state index is 0.140. The highest BCUT2D eigenvalue weighted by atomic mass is 16.3. The van der Waals surface area contributed by atoms with Crippen molar-refractivity contribution in [2.24, 2.45) is 0 Å². The van der Waals surface area contributed by atoms with Crippen LogP contribution in [0.15, 0.2) is 94.4 Å². The van der Waals surface area contributed by atoms with Gasteiger partial charge in [-0.05, 0) is 36.2 Å². The normalized spacial score (nSPS) is 12.2. The molecule has 5 aromatic rings. The Kier molecular flexibility index (Phi) is 5.03. The van der Waals surface area contributed by atoms with Gasteiger partial charge in [0.2, 0.25) is 5.91 Å². The fourth-order valence-corrected chi connectivity index (χ4v) is 3.92. The van der Waals surface area contributed by atoms with E-state index in [0.29, 0.717) is 16.7 Å². The third-order valence-corrected chi connectivity index (χ3v) is 5.54. The van der Waals surface area contributed by atoms with E-state index >= 15 is 0 Å². The zero-order valence-electron chi connectivity index (χ0n) is 17.5. The minimum Gasteiger partial charge on any atom is -0.459 e. The first-order valence-electron chi connectivity index (χ1n) is 10.4. The number of nitrogens with zero attached hydrogens (tertiary/aromatic N) is 2. The first-order valence-corrected chi connectivity index (χ1v) is 10.4. The molecule has 0 aliphatic rings. The maximum atomic E-state index is 13.0. The molecule has 0 bridgehead atoms. The molecule has 1 amide bonds. The van der Waals surface area contributed by atoms with Crippen LogP contribution in [0.5, 0.6) is 0 Å². The van der Waals surface area contributed by atoms with Crippen LogP contribution in [0, 0.1) is 6.92 Å². The number of benzene rings is 3. The Morgan fingerprint density at radius 1 is 1.03 bits per heavy atom. The van der Waals surface area contributed by atoms with Crippen molar-refractivity contribution >= 4 is 27.8 Å². The molecule has 0 spiro atoms. The molecule has 1 atom stereocenters. The predicted molar refractivity (Wildman–Crippen MR) is 123 cm³/mol. The lowest BCUT2D eigenvalue weighted by molar-refractivity contribution is -0.122. The van der Waals surface area contributed by atoms with Gasteiger partial charge in [0, 0.05) is 5.39 Å². The number of hydrogen-bond donors (Lipinski definition) is 1. The number of hydrogen-bond acceptors (Lipinski definition) is 4. The number of aromatic nitrogens is 2. The SMILES string of the molecule is Cc1cccc2c(=O)n(CC(=O)N[C@@H](c3ccccc3)c3cc4ccccc4o3)cnc12. The molecule has 0 saturated carbocycles. The summed E-state index contributed by atoms with van der Waals surface area (Å²) in [6.07, 6.45) is 1.43. The van der Waals surface area contributed by atoms with Crippen LogP contribution in [-0.2, 0) is 11.3 Å². The summed E-state index contributed by atoms with van der Waals surface area (Å²) < 4.78 is 7.37. The molecule has 6 nitrogen and oxygen atoms in total. The van der Waals surface area contributed by atoms with Crippen LogP contribution in [0.3, 0.4) is 0 Å². The number of para-hydroxylation sites is 2. The summed E-state index contributed by atoms with van der Waals surface area (Å²) >= 11 is 0. The molecule has 2 heterocycles. The molecule has 0 unspecified atom stereocenters. The molecule has 1 N–H and O–H groups in total. The van der Waals surface area contributed by atoms with Crippen LogP contribution in [0.25, 0.3) is 21.9 Å². The van der Waals surface area contributed by atoms with Gasteiger partial charge in [-0.1, -0.05) is 60.7 Å². The summed E-state index contributed by atoms with van der Waals surface area (Å²) in [6, 6.07) is 24.2. The van der Waals surface area contributed by atoms with Crippen LogP contribution in [0.4, 0.5) is 0 Å². The summed E-state index contributed by atoms with van der Waals surface area (Å²) in [4.78, 5) is 30.3. The second-order valence-corrected chi connectivity index (χ2v) is 7.75.